The minimum absolute atomic E-state index is 0.232. The van der Waals surface area contributed by atoms with Crippen molar-refractivity contribution < 1.29 is 9.53 Å². The third-order valence-electron chi connectivity index (χ3n) is 5.56. The number of rotatable bonds is 7. The highest BCUT2D eigenvalue weighted by molar-refractivity contribution is 6.10. The summed E-state index contributed by atoms with van der Waals surface area (Å²) in [5.74, 6) is 0.899. The average Bonchev–Trinajstić information content (AvgIpc) is 3.27. The van der Waals surface area contributed by atoms with Gasteiger partial charge in [0.15, 0.2) is 0 Å². The molecule has 33 heavy (non-hydrogen) atoms. The molecule has 1 aromatic heterocycles. The van der Waals surface area contributed by atoms with E-state index in [0.717, 1.165) is 29.6 Å². The number of ether oxygens (including phenoxy) is 1. The van der Waals surface area contributed by atoms with Crippen molar-refractivity contribution in [3.05, 3.63) is 95.7 Å². The maximum Gasteiger partial charge on any atom is 0.257 e. The van der Waals surface area contributed by atoms with Crippen LogP contribution < -0.4 is 15.4 Å². The van der Waals surface area contributed by atoms with Gasteiger partial charge in [0, 0.05) is 34.9 Å². The van der Waals surface area contributed by atoms with Crippen molar-refractivity contribution in [2.75, 3.05) is 19.0 Å². The maximum atomic E-state index is 12.9. The van der Waals surface area contributed by atoms with E-state index >= 15 is 0 Å². The molecule has 0 saturated heterocycles. The Morgan fingerprint density at radius 2 is 1.73 bits per heavy atom. The highest BCUT2D eigenvalue weighted by atomic mass is 16.5. The zero-order valence-electron chi connectivity index (χ0n) is 18.9. The minimum atomic E-state index is -0.232. The van der Waals surface area contributed by atoms with Crippen LogP contribution >= 0.6 is 0 Å². The summed E-state index contributed by atoms with van der Waals surface area (Å²) in [4.78, 5) is 20.9. The molecule has 0 radical (unpaired) electrons. The van der Waals surface area contributed by atoms with Crippen LogP contribution in [0.3, 0.4) is 0 Å². The Kier molecular flexibility index (Phi) is 7.05. The van der Waals surface area contributed by atoms with Gasteiger partial charge in [0.05, 0.1) is 7.11 Å². The molecule has 0 fully saturated rings. The average molecular weight is 441 g/mol. The number of fused-ring (bicyclic) bond motifs is 1. The first-order valence-electron chi connectivity index (χ1n) is 11.1. The zero-order valence-corrected chi connectivity index (χ0v) is 18.9. The molecule has 0 aliphatic rings. The van der Waals surface area contributed by atoms with Crippen LogP contribution in [0.5, 0.6) is 5.75 Å². The number of carbonyl (C=O) groups is 1. The van der Waals surface area contributed by atoms with Crippen molar-refractivity contribution in [1.29, 1.82) is 0 Å². The minimum Gasteiger partial charge on any atom is -0.497 e. The summed E-state index contributed by atoms with van der Waals surface area (Å²) < 4.78 is 5.18. The molecule has 3 N–H and O–H groups in total. The SMILES string of the molecule is CCc1ccccc1NC(=NCCc1c[nH]c2ccccc12)NC(=O)c1ccc(OC)cc1. The van der Waals surface area contributed by atoms with Crippen LogP contribution in [0.25, 0.3) is 10.9 Å². The number of aryl methyl sites for hydroxylation is 1. The Labute approximate surface area is 193 Å². The molecule has 1 amide bonds. The van der Waals surface area contributed by atoms with Gasteiger partial charge in [0.1, 0.15) is 5.75 Å². The molecule has 1 heterocycles. The first-order valence-corrected chi connectivity index (χ1v) is 11.1. The normalized spacial score (nSPS) is 11.4. The summed E-state index contributed by atoms with van der Waals surface area (Å²) in [7, 11) is 1.60. The Balaban J connectivity index is 1.53. The van der Waals surface area contributed by atoms with Crippen LogP contribution in [-0.2, 0) is 12.8 Å². The van der Waals surface area contributed by atoms with Crippen molar-refractivity contribution in [3.8, 4) is 5.75 Å². The lowest BCUT2D eigenvalue weighted by Crippen LogP contribution is -2.36. The Bertz CT molecular complexity index is 1260. The van der Waals surface area contributed by atoms with E-state index in [9.17, 15) is 4.79 Å². The first kappa shape index (κ1) is 22.1. The largest absolute Gasteiger partial charge is 0.497 e. The van der Waals surface area contributed by atoms with Crippen LogP contribution in [-0.4, -0.2) is 30.5 Å². The number of methoxy groups -OCH3 is 1. The Hall–Kier alpha value is -4.06. The first-order chi connectivity index (χ1) is 16.2. The molecule has 0 aliphatic heterocycles. The number of anilines is 1. The van der Waals surface area contributed by atoms with Gasteiger partial charge in [0.25, 0.3) is 5.91 Å². The molecule has 0 unspecified atom stereocenters. The van der Waals surface area contributed by atoms with Gasteiger partial charge in [0.2, 0.25) is 5.96 Å². The number of H-pyrrole nitrogens is 1. The second kappa shape index (κ2) is 10.5. The molecular formula is C27H28N4O2. The number of aliphatic imine (C=N–C) groups is 1. The fourth-order valence-corrected chi connectivity index (χ4v) is 3.74. The predicted molar refractivity (Wildman–Crippen MR) is 134 cm³/mol. The van der Waals surface area contributed by atoms with E-state index in [0.29, 0.717) is 23.8 Å². The standard InChI is InChI=1S/C27H28N4O2/c1-3-19-8-4-6-10-24(19)30-27(31-26(32)20-12-14-22(33-2)15-13-20)28-17-16-21-18-29-25-11-7-5-9-23(21)25/h4-15,18,29H,3,16-17H2,1-2H3,(H2,28,30,31,32). The molecule has 4 aromatic rings. The number of nitrogens with zero attached hydrogens (tertiary/aromatic N) is 1. The molecule has 0 saturated carbocycles. The van der Waals surface area contributed by atoms with Gasteiger partial charge in [-0.3, -0.25) is 15.1 Å². The number of amides is 1. The van der Waals surface area contributed by atoms with E-state index in [1.165, 1.54) is 10.9 Å². The molecule has 0 spiro atoms. The van der Waals surface area contributed by atoms with Gasteiger partial charge >= 0.3 is 0 Å². The number of benzene rings is 3. The van der Waals surface area contributed by atoms with Gasteiger partial charge in [-0.25, -0.2) is 0 Å². The molecule has 4 rings (SSSR count). The lowest BCUT2D eigenvalue weighted by molar-refractivity contribution is 0.0977. The van der Waals surface area contributed by atoms with E-state index < -0.39 is 0 Å². The van der Waals surface area contributed by atoms with E-state index in [1.54, 1.807) is 31.4 Å². The molecule has 0 atom stereocenters. The number of nitrogens with one attached hydrogen (secondary N) is 3. The summed E-state index contributed by atoms with van der Waals surface area (Å²) in [6.07, 6.45) is 3.65. The second-order valence-corrected chi connectivity index (χ2v) is 7.66. The van der Waals surface area contributed by atoms with Gasteiger partial charge in [-0.15, -0.1) is 0 Å². The van der Waals surface area contributed by atoms with Crippen LogP contribution in [0, 0.1) is 0 Å². The monoisotopic (exact) mass is 440 g/mol. The molecule has 6 heteroatoms. The van der Waals surface area contributed by atoms with Crippen molar-refractivity contribution in [3.63, 3.8) is 0 Å². The Morgan fingerprint density at radius 1 is 0.970 bits per heavy atom. The third-order valence-corrected chi connectivity index (χ3v) is 5.56. The lowest BCUT2D eigenvalue weighted by Gasteiger charge is -2.14. The second-order valence-electron chi connectivity index (χ2n) is 7.66. The van der Waals surface area contributed by atoms with Crippen LogP contribution in [0.4, 0.5) is 5.69 Å². The topological polar surface area (TPSA) is 78.5 Å². The molecule has 0 bridgehead atoms. The fourth-order valence-electron chi connectivity index (χ4n) is 3.74. The van der Waals surface area contributed by atoms with Gasteiger partial charge in [-0.2, -0.15) is 0 Å². The number of aromatic amines is 1. The van der Waals surface area contributed by atoms with Crippen LogP contribution in [0.15, 0.2) is 84.0 Å². The van der Waals surface area contributed by atoms with E-state index in [1.807, 2.05) is 36.5 Å². The van der Waals surface area contributed by atoms with E-state index in [4.69, 9.17) is 9.73 Å². The van der Waals surface area contributed by atoms with Crippen LogP contribution in [0.2, 0.25) is 0 Å². The number of hydrogen-bond acceptors (Lipinski definition) is 3. The highest BCUT2D eigenvalue weighted by Crippen LogP contribution is 2.19. The van der Waals surface area contributed by atoms with E-state index in [-0.39, 0.29) is 5.91 Å². The summed E-state index contributed by atoms with van der Waals surface area (Å²) in [6.45, 7) is 2.63. The molecule has 6 nitrogen and oxygen atoms in total. The molecular weight excluding hydrogens is 412 g/mol. The van der Waals surface area contributed by atoms with Crippen molar-refractivity contribution in [1.82, 2.24) is 10.3 Å². The van der Waals surface area contributed by atoms with E-state index in [2.05, 4.69) is 40.7 Å². The summed E-state index contributed by atoms with van der Waals surface area (Å²) >= 11 is 0. The van der Waals surface area contributed by atoms with Crippen molar-refractivity contribution in [2.24, 2.45) is 4.99 Å². The number of aromatic nitrogens is 1. The Morgan fingerprint density at radius 3 is 2.52 bits per heavy atom. The molecule has 168 valence electrons. The van der Waals surface area contributed by atoms with Crippen molar-refractivity contribution >= 4 is 28.5 Å². The zero-order chi connectivity index (χ0) is 23.0. The predicted octanol–water partition coefficient (Wildman–Crippen LogP) is 5.18. The van der Waals surface area contributed by atoms with Crippen molar-refractivity contribution in [2.45, 2.75) is 19.8 Å². The van der Waals surface area contributed by atoms with Crippen LogP contribution in [0.1, 0.15) is 28.4 Å². The number of carbonyl (C=O) groups excluding carboxylic acids is 1. The maximum absolute atomic E-state index is 12.9. The quantitative estimate of drug-likeness (QED) is 0.274. The fraction of sp³-hybridized carbons (Fsp3) is 0.185. The smallest absolute Gasteiger partial charge is 0.257 e. The number of para-hydroxylation sites is 2. The highest BCUT2D eigenvalue weighted by Gasteiger charge is 2.11. The van der Waals surface area contributed by atoms with Gasteiger partial charge in [-0.05, 0) is 60.4 Å². The van der Waals surface area contributed by atoms with Gasteiger partial charge < -0.3 is 15.0 Å². The summed E-state index contributed by atoms with van der Waals surface area (Å²) in [5.41, 5.74) is 4.93. The van der Waals surface area contributed by atoms with Gasteiger partial charge in [-0.1, -0.05) is 43.3 Å². The lowest BCUT2D eigenvalue weighted by atomic mass is 10.1. The molecule has 0 aliphatic carbocycles. The number of guanidine groups is 1. The summed E-state index contributed by atoms with van der Waals surface area (Å²) in [6, 6.07) is 23.3. The third kappa shape index (κ3) is 5.41. The number of hydrogen-bond donors (Lipinski definition) is 3. The molecule has 3 aromatic carbocycles. The summed E-state index contributed by atoms with van der Waals surface area (Å²) in [5, 5.41) is 7.46.